The first-order valence-electron chi connectivity index (χ1n) is 7.10. The molecule has 2 aromatic carbocycles. The lowest BCUT2D eigenvalue weighted by molar-refractivity contribution is 0.374. The highest BCUT2D eigenvalue weighted by atomic mass is 16.5. The van der Waals surface area contributed by atoms with Crippen LogP contribution in [-0.2, 0) is 0 Å². The molecule has 1 aliphatic heterocycles. The molecule has 0 amide bonds. The summed E-state index contributed by atoms with van der Waals surface area (Å²) < 4.78 is 16.3. The fourth-order valence-corrected chi connectivity index (χ4v) is 2.68. The number of methoxy groups -OCH3 is 3. The molecule has 0 fully saturated rings. The van der Waals surface area contributed by atoms with Crippen LogP contribution < -0.4 is 19.5 Å². The lowest BCUT2D eigenvalue weighted by atomic mass is 10.0. The van der Waals surface area contributed by atoms with Gasteiger partial charge in [0, 0.05) is 29.9 Å². The highest BCUT2D eigenvalue weighted by Crippen LogP contribution is 2.39. The number of rotatable bonds is 4. The molecular formula is C18H19NO3. The van der Waals surface area contributed by atoms with Crippen LogP contribution in [0.4, 0.5) is 5.69 Å². The summed E-state index contributed by atoms with van der Waals surface area (Å²) in [6, 6.07) is 12.0. The molecule has 114 valence electrons. The number of hydrogen-bond acceptors (Lipinski definition) is 4. The summed E-state index contributed by atoms with van der Waals surface area (Å²) in [6.07, 6.45) is 2.11. The van der Waals surface area contributed by atoms with E-state index in [2.05, 4.69) is 23.5 Å². The Morgan fingerprint density at radius 2 is 1.64 bits per heavy atom. The minimum atomic E-state index is 0.709. The molecule has 0 atom stereocenters. The lowest BCUT2D eigenvalue weighted by Crippen LogP contribution is -1.96. The van der Waals surface area contributed by atoms with Crippen LogP contribution in [0.5, 0.6) is 17.2 Å². The number of anilines is 1. The molecule has 0 bridgehead atoms. The van der Waals surface area contributed by atoms with Gasteiger partial charge in [0.15, 0.2) is 0 Å². The Labute approximate surface area is 130 Å². The van der Waals surface area contributed by atoms with Gasteiger partial charge in [-0.15, -0.1) is 0 Å². The van der Waals surface area contributed by atoms with Crippen LogP contribution >= 0.6 is 0 Å². The van der Waals surface area contributed by atoms with E-state index in [0.29, 0.717) is 5.75 Å². The topological polar surface area (TPSA) is 39.7 Å². The van der Waals surface area contributed by atoms with E-state index in [4.69, 9.17) is 14.2 Å². The van der Waals surface area contributed by atoms with Crippen LogP contribution in [0.3, 0.4) is 0 Å². The number of fused-ring (bicyclic) bond motifs is 1. The van der Waals surface area contributed by atoms with Gasteiger partial charge in [-0.25, -0.2) is 0 Å². The van der Waals surface area contributed by atoms with Crippen molar-refractivity contribution >= 4 is 17.3 Å². The molecule has 1 N–H and O–H groups in total. The standard InChI is InChI=1S/C18H19NO3/c1-20-13-9-17(21-2)15(18(10-13)22-3)8-12-11-19-16-7-5-4-6-14(12)16/h4-10,19H,11H2,1-3H3/b12-8-. The van der Waals surface area contributed by atoms with Gasteiger partial charge in [-0.1, -0.05) is 18.2 Å². The Kier molecular flexibility index (Phi) is 3.92. The molecule has 0 radical (unpaired) electrons. The van der Waals surface area contributed by atoms with E-state index in [0.717, 1.165) is 29.3 Å². The number of hydrogen-bond donors (Lipinski definition) is 1. The third-order valence-corrected chi connectivity index (χ3v) is 3.81. The second-order valence-corrected chi connectivity index (χ2v) is 5.01. The highest BCUT2D eigenvalue weighted by Gasteiger charge is 2.17. The first-order chi connectivity index (χ1) is 10.8. The number of ether oxygens (including phenoxy) is 3. The Morgan fingerprint density at radius 1 is 0.955 bits per heavy atom. The third-order valence-electron chi connectivity index (χ3n) is 3.81. The fourth-order valence-electron chi connectivity index (χ4n) is 2.68. The van der Waals surface area contributed by atoms with Crippen molar-refractivity contribution in [2.24, 2.45) is 0 Å². The first kappa shape index (κ1) is 14.3. The van der Waals surface area contributed by atoms with Crippen molar-refractivity contribution < 1.29 is 14.2 Å². The van der Waals surface area contributed by atoms with Gasteiger partial charge in [0.2, 0.25) is 0 Å². The third kappa shape index (κ3) is 2.48. The number of benzene rings is 2. The Hall–Kier alpha value is -2.62. The van der Waals surface area contributed by atoms with Crippen molar-refractivity contribution in [2.45, 2.75) is 0 Å². The van der Waals surface area contributed by atoms with Gasteiger partial charge >= 0.3 is 0 Å². The summed E-state index contributed by atoms with van der Waals surface area (Å²) in [5.41, 5.74) is 4.49. The largest absolute Gasteiger partial charge is 0.496 e. The molecule has 2 aromatic rings. The molecule has 3 rings (SSSR count). The molecule has 0 spiro atoms. The lowest BCUT2D eigenvalue weighted by Gasteiger charge is -2.13. The Balaban J connectivity index is 2.11. The molecule has 1 aliphatic rings. The average molecular weight is 297 g/mol. The SMILES string of the molecule is COc1cc(OC)c(/C=C2/CNc3ccccc32)c(OC)c1. The van der Waals surface area contributed by atoms with E-state index in [1.165, 1.54) is 11.1 Å². The minimum absolute atomic E-state index is 0.709. The predicted octanol–water partition coefficient (Wildman–Crippen LogP) is 3.68. The maximum Gasteiger partial charge on any atom is 0.133 e. The molecule has 1 heterocycles. The second-order valence-electron chi connectivity index (χ2n) is 5.01. The summed E-state index contributed by atoms with van der Waals surface area (Å²) in [6.45, 7) is 0.789. The van der Waals surface area contributed by atoms with E-state index in [9.17, 15) is 0 Å². The average Bonchev–Trinajstić information content (AvgIpc) is 2.98. The zero-order valence-electron chi connectivity index (χ0n) is 13.0. The van der Waals surface area contributed by atoms with Crippen molar-refractivity contribution in [3.05, 3.63) is 47.5 Å². The van der Waals surface area contributed by atoms with E-state index < -0.39 is 0 Å². The van der Waals surface area contributed by atoms with Gasteiger partial charge in [0.1, 0.15) is 17.2 Å². The molecule has 0 aliphatic carbocycles. The zero-order valence-corrected chi connectivity index (χ0v) is 13.0. The van der Waals surface area contributed by atoms with Crippen LogP contribution in [-0.4, -0.2) is 27.9 Å². The predicted molar refractivity (Wildman–Crippen MR) is 88.9 cm³/mol. The monoisotopic (exact) mass is 297 g/mol. The Bertz CT molecular complexity index is 697. The molecule has 4 heteroatoms. The van der Waals surface area contributed by atoms with Crippen molar-refractivity contribution in [3.8, 4) is 17.2 Å². The smallest absolute Gasteiger partial charge is 0.133 e. The quantitative estimate of drug-likeness (QED) is 0.934. The van der Waals surface area contributed by atoms with Gasteiger partial charge in [0.05, 0.1) is 26.9 Å². The van der Waals surface area contributed by atoms with Gasteiger partial charge in [0.25, 0.3) is 0 Å². The van der Waals surface area contributed by atoms with Crippen LogP contribution in [0.1, 0.15) is 11.1 Å². The van der Waals surface area contributed by atoms with Crippen molar-refractivity contribution in [2.75, 3.05) is 33.2 Å². The minimum Gasteiger partial charge on any atom is -0.496 e. The number of para-hydroxylation sites is 1. The number of nitrogens with one attached hydrogen (secondary N) is 1. The zero-order chi connectivity index (χ0) is 15.5. The molecule has 0 saturated carbocycles. The molecule has 0 unspecified atom stereocenters. The van der Waals surface area contributed by atoms with Crippen LogP contribution in [0, 0.1) is 0 Å². The van der Waals surface area contributed by atoms with Gasteiger partial charge in [-0.3, -0.25) is 0 Å². The fraction of sp³-hybridized carbons (Fsp3) is 0.222. The molecule has 22 heavy (non-hydrogen) atoms. The van der Waals surface area contributed by atoms with Gasteiger partial charge < -0.3 is 19.5 Å². The first-order valence-corrected chi connectivity index (χ1v) is 7.10. The van der Waals surface area contributed by atoms with Crippen molar-refractivity contribution in [1.29, 1.82) is 0 Å². The van der Waals surface area contributed by atoms with Crippen LogP contribution in [0.15, 0.2) is 36.4 Å². The molecular weight excluding hydrogens is 278 g/mol. The normalized spacial score (nSPS) is 14.4. The molecule has 4 nitrogen and oxygen atoms in total. The Morgan fingerprint density at radius 3 is 2.27 bits per heavy atom. The van der Waals surface area contributed by atoms with E-state index >= 15 is 0 Å². The van der Waals surface area contributed by atoms with Crippen LogP contribution in [0.2, 0.25) is 0 Å². The molecule has 0 aromatic heterocycles. The maximum atomic E-state index is 5.50. The molecule has 0 saturated heterocycles. The van der Waals surface area contributed by atoms with Crippen LogP contribution in [0.25, 0.3) is 11.6 Å². The summed E-state index contributed by atoms with van der Waals surface area (Å²) in [5, 5.41) is 3.39. The van der Waals surface area contributed by atoms with Gasteiger partial charge in [-0.05, 0) is 17.7 Å². The highest BCUT2D eigenvalue weighted by molar-refractivity contribution is 5.94. The van der Waals surface area contributed by atoms with E-state index in [-0.39, 0.29) is 0 Å². The summed E-state index contributed by atoms with van der Waals surface area (Å²) in [7, 11) is 4.93. The van der Waals surface area contributed by atoms with Crippen molar-refractivity contribution in [1.82, 2.24) is 0 Å². The summed E-state index contributed by atoms with van der Waals surface area (Å²) in [4.78, 5) is 0. The second kappa shape index (κ2) is 6.02. The maximum absolute atomic E-state index is 5.50. The summed E-state index contributed by atoms with van der Waals surface area (Å²) in [5.74, 6) is 2.17. The van der Waals surface area contributed by atoms with E-state index in [1.54, 1.807) is 21.3 Å². The van der Waals surface area contributed by atoms with Crippen molar-refractivity contribution in [3.63, 3.8) is 0 Å². The van der Waals surface area contributed by atoms with E-state index in [1.807, 2.05) is 24.3 Å². The summed E-state index contributed by atoms with van der Waals surface area (Å²) >= 11 is 0. The van der Waals surface area contributed by atoms with Gasteiger partial charge in [-0.2, -0.15) is 0 Å².